The molecule has 0 amide bonds. The van der Waals surface area contributed by atoms with Crippen LogP contribution in [0.25, 0.3) is 0 Å². The van der Waals surface area contributed by atoms with Gasteiger partial charge in [0.15, 0.2) is 0 Å². The second-order valence-electron chi connectivity index (χ2n) is 8.58. The normalized spacial score (nSPS) is 14.3. The summed E-state index contributed by atoms with van der Waals surface area (Å²) in [5.41, 5.74) is 0.257. The molecule has 2 atom stereocenters. The predicted molar refractivity (Wildman–Crippen MR) is 147 cm³/mol. The highest BCUT2D eigenvalue weighted by molar-refractivity contribution is 6.62. The fourth-order valence-electron chi connectivity index (χ4n) is 4.23. The van der Waals surface area contributed by atoms with Gasteiger partial charge < -0.3 is 36.2 Å². The Morgan fingerprint density at radius 1 is 0.583 bits per heavy atom. The molecule has 9 nitrogen and oxygen atoms in total. The maximum atomic E-state index is 12.1. The van der Waals surface area contributed by atoms with Gasteiger partial charge in [-0.15, -0.1) is 0 Å². The van der Waals surface area contributed by atoms with E-state index in [1.165, 1.54) is 0 Å². The van der Waals surface area contributed by atoms with Gasteiger partial charge in [0, 0.05) is 57.3 Å². The Morgan fingerprint density at radius 3 is 1.19 bits per heavy atom. The molecule has 0 heterocycles. The topological polar surface area (TPSA) is 84.9 Å². The Morgan fingerprint density at radius 2 is 0.917 bits per heavy atom. The van der Waals surface area contributed by atoms with Crippen LogP contribution in [0.3, 0.4) is 0 Å². The van der Waals surface area contributed by atoms with Crippen molar-refractivity contribution in [2.45, 2.75) is 92.7 Å². The molecular formula is C25H55NO8Si2. The average molecular weight is 554 g/mol. The fraction of sp³-hybridized carbons (Fsp3) is 0.960. The molecule has 0 bridgehead atoms. The first kappa shape index (κ1) is 35.6. The molecule has 36 heavy (non-hydrogen) atoms. The van der Waals surface area contributed by atoms with E-state index in [0.717, 1.165) is 25.9 Å². The summed E-state index contributed by atoms with van der Waals surface area (Å²) in [5, 5.41) is 0. The summed E-state index contributed by atoms with van der Waals surface area (Å²) in [6, 6.07) is 0. The van der Waals surface area contributed by atoms with Crippen molar-refractivity contribution in [3.05, 3.63) is 0 Å². The smallest absolute Gasteiger partial charge is 0.466 e. The van der Waals surface area contributed by atoms with Gasteiger partial charge in [-0.05, 0) is 74.4 Å². The Bertz CT molecular complexity index is 488. The van der Waals surface area contributed by atoms with Crippen LogP contribution >= 0.6 is 0 Å². The summed E-state index contributed by atoms with van der Waals surface area (Å²) < 4.78 is 41.9. The van der Waals surface area contributed by atoms with Crippen molar-refractivity contribution < 1.29 is 36.1 Å². The number of carbonyl (C=O) groups is 1. The summed E-state index contributed by atoms with van der Waals surface area (Å²) in [6.45, 7) is 23.9. The molecule has 0 saturated heterocycles. The molecular weight excluding hydrogens is 498 g/mol. The number of hydrogen-bond acceptors (Lipinski definition) is 9. The van der Waals surface area contributed by atoms with Gasteiger partial charge in [0.25, 0.3) is 0 Å². The van der Waals surface area contributed by atoms with E-state index in [2.05, 4.69) is 18.7 Å². The van der Waals surface area contributed by atoms with Crippen LogP contribution in [0.2, 0.25) is 11.1 Å². The molecule has 0 fully saturated rings. The number of nitrogens with zero attached hydrogens (tertiary/aromatic N) is 1. The van der Waals surface area contributed by atoms with Crippen molar-refractivity contribution in [1.82, 2.24) is 4.90 Å². The highest BCUT2D eigenvalue weighted by atomic mass is 28.4. The lowest BCUT2D eigenvalue weighted by atomic mass is 10.2. The van der Waals surface area contributed by atoms with Crippen LogP contribution in [0.15, 0.2) is 0 Å². The third kappa shape index (κ3) is 12.4. The fourth-order valence-corrected chi connectivity index (χ4v) is 9.82. The minimum Gasteiger partial charge on any atom is -0.466 e. The van der Waals surface area contributed by atoms with Crippen LogP contribution in [0, 0.1) is 0 Å². The summed E-state index contributed by atoms with van der Waals surface area (Å²) in [5.74, 6) is -0.174. The largest absolute Gasteiger partial charge is 0.503 e. The second-order valence-corrected chi connectivity index (χ2v) is 14.7. The van der Waals surface area contributed by atoms with E-state index < -0.39 is 17.6 Å². The van der Waals surface area contributed by atoms with Crippen LogP contribution in [0.5, 0.6) is 0 Å². The number of rotatable bonds is 24. The highest BCUT2D eigenvalue weighted by Crippen LogP contribution is 2.31. The van der Waals surface area contributed by atoms with E-state index in [-0.39, 0.29) is 17.1 Å². The van der Waals surface area contributed by atoms with Crippen molar-refractivity contribution in [3.63, 3.8) is 0 Å². The molecule has 0 aromatic rings. The first-order valence-corrected chi connectivity index (χ1v) is 17.6. The van der Waals surface area contributed by atoms with Crippen molar-refractivity contribution in [2.75, 3.05) is 65.9 Å². The molecule has 0 spiro atoms. The van der Waals surface area contributed by atoms with Gasteiger partial charge in [0.1, 0.15) is 0 Å². The molecule has 0 aliphatic rings. The zero-order chi connectivity index (χ0) is 27.5. The van der Waals surface area contributed by atoms with Gasteiger partial charge in [-0.25, -0.2) is 0 Å². The molecule has 0 rings (SSSR count). The lowest BCUT2D eigenvalue weighted by Crippen LogP contribution is -2.51. The van der Waals surface area contributed by atoms with Crippen LogP contribution in [-0.2, 0) is 36.1 Å². The van der Waals surface area contributed by atoms with Gasteiger partial charge in [0.05, 0.1) is 13.0 Å². The Balaban J connectivity index is 5.49. The lowest BCUT2D eigenvalue weighted by molar-refractivity contribution is -0.143. The van der Waals surface area contributed by atoms with Crippen molar-refractivity contribution >= 4 is 23.6 Å². The summed E-state index contributed by atoms with van der Waals surface area (Å²) in [4.78, 5) is 14.4. The molecule has 0 aliphatic carbocycles. The van der Waals surface area contributed by atoms with E-state index in [1.54, 1.807) is 0 Å². The van der Waals surface area contributed by atoms with Gasteiger partial charge in [-0.2, -0.15) is 0 Å². The van der Waals surface area contributed by atoms with Gasteiger partial charge in [0.2, 0.25) is 0 Å². The summed E-state index contributed by atoms with van der Waals surface area (Å²) >= 11 is 0. The predicted octanol–water partition coefficient (Wildman–Crippen LogP) is 4.90. The van der Waals surface area contributed by atoms with Crippen LogP contribution in [0.4, 0.5) is 0 Å². The monoisotopic (exact) mass is 553 g/mol. The number of carbonyl (C=O) groups excluding carboxylic acids is 1. The first-order chi connectivity index (χ1) is 17.2. The molecule has 2 unspecified atom stereocenters. The second kappa shape index (κ2) is 20.6. The SMILES string of the molecule is CCOC(=O)CCN(CCC(C)[Si](OCC)(OCC)OCC)CCC(C)[Si](OCC)(OCC)OCC. The third-order valence-electron chi connectivity index (χ3n) is 5.97. The van der Waals surface area contributed by atoms with Crippen LogP contribution in [0.1, 0.15) is 81.6 Å². The van der Waals surface area contributed by atoms with Crippen LogP contribution in [-0.4, -0.2) is 94.4 Å². The van der Waals surface area contributed by atoms with E-state index >= 15 is 0 Å². The molecule has 11 heteroatoms. The highest BCUT2D eigenvalue weighted by Gasteiger charge is 2.47. The molecule has 0 aromatic carbocycles. The van der Waals surface area contributed by atoms with E-state index in [1.807, 2.05) is 48.5 Å². The minimum atomic E-state index is -2.80. The third-order valence-corrected chi connectivity index (χ3v) is 13.1. The van der Waals surface area contributed by atoms with Gasteiger partial charge in [-0.3, -0.25) is 4.79 Å². The van der Waals surface area contributed by atoms with E-state index in [9.17, 15) is 4.79 Å². The zero-order valence-electron chi connectivity index (χ0n) is 24.6. The maximum absolute atomic E-state index is 12.1. The molecule has 0 N–H and O–H groups in total. The first-order valence-electron chi connectivity index (χ1n) is 14.0. The number of ether oxygens (including phenoxy) is 1. The number of hydrogen-bond donors (Lipinski definition) is 0. The Labute approximate surface area is 223 Å². The van der Waals surface area contributed by atoms with Gasteiger partial charge in [-0.1, -0.05) is 13.8 Å². The molecule has 216 valence electrons. The molecule has 0 aliphatic heterocycles. The molecule has 0 radical (unpaired) electrons. The summed E-state index contributed by atoms with van der Waals surface area (Å²) in [6.07, 6.45) is 2.04. The van der Waals surface area contributed by atoms with Crippen molar-refractivity contribution in [3.8, 4) is 0 Å². The average Bonchev–Trinajstić information content (AvgIpc) is 2.84. The van der Waals surface area contributed by atoms with Crippen molar-refractivity contribution in [2.24, 2.45) is 0 Å². The quantitative estimate of drug-likeness (QED) is 0.122. The van der Waals surface area contributed by atoms with E-state index in [4.69, 9.17) is 31.3 Å². The van der Waals surface area contributed by atoms with Crippen LogP contribution < -0.4 is 0 Å². The minimum absolute atomic E-state index is 0.128. The maximum Gasteiger partial charge on any atom is 0.503 e. The molecule has 0 aromatic heterocycles. The number of esters is 1. The van der Waals surface area contributed by atoms with E-state index in [0.29, 0.717) is 59.2 Å². The summed E-state index contributed by atoms with van der Waals surface area (Å²) in [7, 11) is -5.60. The molecule has 0 saturated carbocycles. The van der Waals surface area contributed by atoms with Crippen molar-refractivity contribution in [1.29, 1.82) is 0 Å². The Hall–Kier alpha value is -0.376. The standard InChI is InChI=1S/C25H55NO8Si2/c1-10-28-25(27)19-22-26(20-17-23(8)35(29-11-2,30-12-3)31-13-4)21-18-24(9)36(32-14-5,33-15-6)34-16-7/h23-24H,10-22H2,1-9H3. The Kier molecular flexibility index (Phi) is 20.4. The van der Waals surface area contributed by atoms with Gasteiger partial charge >= 0.3 is 23.6 Å². The zero-order valence-corrected chi connectivity index (χ0v) is 26.6. The lowest BCUT2D eigenvalue weighted by Gasteiger charge is -2.36.